The molecule has 0 amide bonds. The molecule has 0 saturated carbocycles. The minimum Gasteiger partial charge on any atom is -0.357 e. The molecular formula is C12H22N2. The van der Waals surface area contributed by atoms with E-state index in [2.05, 4.69) is 23.1 Å². The molecule has 14 heavy (non-hydrogen) atoms. The van der Waals surface area contributed by atoms with Crippen molar-refractivity contribution in [1.29, 1.82) is 0 Å². The Hall–Kier alpha value is -1.05. The third kappa shape index (κ3) is 4.26. The number of aliphatic imine (C=N–C) groups is 1. The van der Waals surface area contributed by atoms with E-state index >= 15 is 0 Å². The first-order valence-corrected chi connectivity index (χ1v) is 5.35. The largest absolute Gasteiger partial charge is 0.357 e. The van der Waals surface area contributed by atoms with Crippen molar-refractivity contribution in [2.75, 3.05) is 13.1 Å². The number of allylic oxidation sites excluding steroid dienone is 1. The second kappa shape index (κ2) is 7.36. The molecule has 0 atom stereocenters. The van der Waals surface area contributed by atoms with Crippen LogP contribution in [0.25, 0.3) is 0 Å². The van der Waals surface area contributed by atoms with Crippen molar-refractivity contribution >= 4 is 5.84 Å². The highest BCUT2D eigenvalue weighted by Crippen LogP contribution is 2.09. The van der Waals surface area contributed by atoms with Crippen LogP contribution in [-0.4, -0.2) is 23.8 Å². The summed E-state index contributed by atoms with van der Waals surface area (Å²) < 4.78 is 0. The lowest BCUT2D eigenvalue weighted by atomic mass is 10.4. The average Bonchev–Trinajstić information content (AvgIpc) is 2.70. The van der Waals surface area contributed by atoms with Crippen LogP contribution in [-0.2, 0) is 0 Å². The molecule has 80 valence electrons. The van der Waals surface area contributed by atoms with E-state index < -0.39 is 0 Å². The van der Waals surface area contributed by atoms with Gasteiger partial charge in [0.05, 0.1) is 0 Å². The smallest absolute Gasteiger partial charge is 0.128 e. The predicted molar refractivity (Wildman–Crippen MR) is 64.6 cm³/mol. The van der Waals surface area contributed by atoms with Gasteiger partial charge in [-0.3, -0.25) is 0 Å². The van der Waals surface area contributed by atoms with E-state index in [1.54, 1.807) is 6.08 Å². The van der Waals surface area contributed by atoms with E-state index in [-0.39, 0.29) is 0 Å². The molecule has 0 aromatic rings. The van der Waals surface area contributed by atoms with E-state index in [4.69, 9.17) is 0 Å². The molecule has 1 rings (SSSR count). The normalized spacial score (nSPS) is 15.9. The summed E-state index contributed by atoms with van der Waals surface area (Å²) >= 11 is 0. The van der Waals surface area contributed by atoms with E-state index in [1.165, 1.54) is 12.8 Å². The minimum atomic E-state index is 0.844. The molecule has 2 nitrogen and oxygen atoms in total. The van der Waals surface area contributed by atoms with Gasteiger partial charge in [-0.2, -0.15) is 0 Å². The van der Waals surface area contributed by atoms with Crippen molar-refractivity contribution < 1.29 is 0 Å². The van der Waals surface area contributed by atoms with Crippen LogP contribution in [0.4, 0.5) is 0 Å². The zero-order valence-corrected chi connectivity index (χ0v) is 9.71. The highest BCUT2D eigenvalue weighted by molar-refractivity contribution is 5.93. The van der Waals surface area contributed by atoms with E-state index in [0.29, 0.717) is 0 Å². The van der Waals surface area contributed by atoms with Gasteiger partial charge < -0.3 is 4.90 Å². The van der Waals surface area contributed by atoms with Gasteiger partial charge in [-0.1, -0.05) is 27.0 Å². The summed E-state index contributed by atoms with van der Waals surface area (Å²) in [4.78, 5) is 6.56. The van der Waals surface area contributed by atoms with Gasteiger partial charge >= 0.3 is 0 Å². The molecule has 0 N–H and O–H groups in total. The van der Waals surface area contributed by atoms with E-state index in [0.717, 1.165) is 24.6 Å². The molecule has 1 saturated heterocycles. The van der Waals surface area contributed by atoms with Crippen LogP contribution in [0.15, 0.2) is 29.9 Å². The lowest BCUT2D eigenvalue weighted by molar-refractivity contribution is 0.522. The van der Waals surface area contributed by atoms with Crippen molar-refractivity contribution in [1.82, 2.24) is 4.90 Å². The van der Waals surface area contributed by atoms with Gasteiger partial charge in [0.1, 0.15) is 5.84 Å². The highest BCUT2D eigenvalue weighted by Gasteiger charge is 2.13. The molecule has 1 heterocycles. The Kier molecular flexibility index (Phi) is 6.81. The fourth-order valence-corrected chi connectivity index (χ4v) is 1.39. The Bertz CT molecular complexity index is 210. The number of hydrogen-bond donors (Lipinski definition) is 0. The summed E-state index contributed by atoms with van der Waals surface area (Å²) in [6, 6.07) is 0. The van der Waals surface area contributed by atoms with Gasteiger partial charge in [0.2, 0.25) is 0 Å². The highest BCUT2D eigenvalue weighted by atomic mass is 15.2. The molecule has 0 unspecified atom stereocenters. The van der Waals surface area contributed by atoms with Crippen molar-refractivity contribution in [2.24, 2.45) is 4.99 Å². The molecule has 1 aliphatic heterocycles. The van der Waals surface area contributed by atoms with E-state index in [9.17, 15) is 0 Å². The second-order valence-corrected chi connectivity index (χ2v) is 3.10. The van der Waals surface area contributed by atoms with Gasteiger partial charge in [0.15, 0.2) is 0 Å². The first-order valence-electron chi connectivity index (χ1n) is 5.35. The Morgan fingerprint density at radius 1 is 1.29 bits per heavy atom. The van der Waals surface area contributed by atoms with Gasteiger partial charge in [-0.05, 0) is 25.8 Å². The Labute approximate surface area is 88.0 Å². The Morgan fingerprint density at radius 3 is 2.14 bits per heavy atom. The van der Waals surface area contributed by atoms with Crippen LogP contribution in [0.5, 0.6) is 0 Å². The zero-order valence-electron chi connectivity index (χ0n) is 9.71. The van der Waals surface area contributed by atoms with Crippen LogP contribution in [0.3, 0.4) is 0 Å². The summed E-state index contributed by atoms with van der Waals surface area (Å²) in [5.41, 5.74) is 0.844. The number of rotatable bonds is 2. The maximum atomic E-state index is 4.31. The van der Waals surface area contributed by atoms with Crippen molar-refractivity contribution in [3.8, 4) is 0 Å². The monoisotopic (exact) mass is 194 g/mol. The maximum absolute atomic E-state index is 4.31. The fourth-order valence-electron chi connectivity index (χ4n) is 1.39. The maximum Gasteiger partial charge on any atom is 0.128 e. The molecule has 0 aromatic heterocycles. The summed E-state index contributed by atoms with van der Waals surface area (Å²) in [5, 5.41) is 0. The molecule has 2 heteroatoms. The first-order chi connectivity index (χ1) is 6.74. The van der Waals surface area contributed by atoms with Gasteiger partial charge in [0.25, 0.3) is 0 Å². The molecule has 0 bridgehead atoms. The van der Waals surface area contributed by atoms with Crippen LogP contribution < -0.4 is 0 Å². The van der Waals surface area contributed by atoms with Crippen molar-refractivity contribution in [2.45, 2.75) is 33.6 Å². The Morgan fingerprint density at radius 2 is 1.79 bits per heavy atom. The quantitative estimate of drug-likeness (QED) is 0.487. The third-order valence-electron chi connectivity index (χ3n) is 1.92. The molecule has 1 aliphatic rings. The standard InChI is InChI=1S/C10H16N2.C2H6/c1-4-10(11-9(2)3)12-7-5-6-8-12;1-2/h4H,1-2,5-8H2,3H3;1-2H3. The molecule has 0 aromatic carbocycles. The molecule has 0 spiro atoms. The summed E-state index contributed by atoms with van der Waals surface area (Å²) in [6.45, 7) is 15.6. The third-order valence-corrected chi connectivity index (χ3v) is 1.92. The molecule has 0 radical (unpaired) electrons. The topological polar surface area (TPSA) is 15.6 Å². The lowest BCUT2D eigenvalue weighted by Crippen LogP contribution is -2.25. The number of nitrogens with zero attached hydrogens (tertiary/aromatic N) is 2. The van der Waals surface area contributed by atoms with Crippen LogP contribution >= 0.6 is 0 Å². The first kappa shape index (κ1) is 12.9. The average molecular weight is 194 g/mol. The molecule has 1 fully saturated rings. The van der Waals surface area contributed by atoms with Crippen LogP contribution in [0.2, 0.25) is 0 Å². The molecular weight excluding hydrogens is 172 g/mol. The number of likely N-dealkylation sites (tertiary alicyclic amines) is 1. The van der Waals surface area contributed by atoms with Crippen LogP contribution in [0, 0.1) is 0 Å². The van der Waals surface area contributed by atoms with Crippen molar-refractivity contribution in [3.63, 3.8) is 0 Å². The van der Waals surface area contributed by atoms with Gasteiger partial charge in [-0.25, -0.2) is 4.99 Å². The lowest BCUT2D eigenvalue weighted by Gasteiger charge is -2.16. The van der Waals surface area contributed by atoms with Crippen LogP contribution in [0.1, 0.15) is 33.6 Å². The summed E-state index contributed by atoms with van der Waals surface area (Å²) in [5.74, 6) is 0.972. The number of hydrogen-bond acceptors (Lipinski definition) is 1. The van der Waals surface area contributed by atoms with Gasteiger partial charge in [0, 0.05) is 18.8 Å². The predicted octanol–water partition coefficient (Wildman–Crippen LogP) is 3.23. The van der Waals surface area contributed by atoms with Gasteiger partial charge in [-0.15, -0.1) is 0 Å². The van der Waals surface area contributed by atoms with E-state index in [1.807, 2.05) is 20.8 Å². The summed E-state index contributed by atoms with van der Waals surface area (Å²) in [6.07, 6.45) is 4.34. The van der Waals surface area contributed by atoms with Crippen molar-refractivity contribution in [3.05, 3.63) is 24.9 Å². The summed E-state index contributed by atoms with van der Waals surface area (Å²) in [7, 11) is 0. The Balaban J connectivity index is 0.000000791. The number of amidine groups is 1. The fraction of sp³-hybridized carbons (Fsp3) is 0.583. The second-order valence-electron chi connectivity index (χ2n) is 3.10. The zero-order chi connectivity index (χ0) is 11.0. The SMILES string of the molecule is C=CC(=NC(=C)C)N1CCCC1.CC. The molecule has 0 aliphatic carbocycles. The minimum absolute atomic E-state index is 0.844.